The van der Waals surface area contributed by atoms with Crippen molar-refractivity contribution in [3.8, 4) is 0 Å². The van der Waals surface area contributed by atoms with E-state index in [1.165, 1.54) is 0 Å². The van der Waals surface area contributed by atoms with Crippen LogP contribution in [0.5, 0.6) is 0 Å². The highest BCUT2D eigenvalue weighted by atomic mass is 32.1. The summed E-state index contributed by atoms with van der Waals surface area (Å²) in [6, 6.07) is 18.4. The van der Waals surface area contributed by atoms with Crippen molar-refractivity contribution in [3.05, 3.63) is 60.2 Å². The third-order valence-electron chi connectivity index (χ3n) is 3.30. The zero-order valence-electron chi connectivity index (χ0n) is 10.9. The van der Waals surface area contributed by atoms with Crippen LogP contribution in [0.1, 0.15) is 5.56 Å². The molecule has 3 heteroatoms. The molecule has 3 aromatic rings. The molecule has 0 aliphatic carbocycles. The zero-order chi connectivity index (χ0) is 13.9. The molecular formula is C17H14O2S. The Bertz CT molecular complexity index is 726. The van der Waals surface area contributed by atoms with Crippen LogP contribution in [-0.4, -0.2) is 23.4 Å². The van der Waals surface area contributed by atoms with Crippen molar-refractivity contribution >= 4 is 38.8 Å². The van der Waals surface area contributed by atoms with E-state index < -0.39 is 0 Å². The van der Waals surface area contributed by atoms with Gasteiger partial charge in [-0.2, -0.15) is 0 Å². The SMILES string of the molecule is OCCOC(=S)c1c2ccccc2cc2ccccc12. The second-order valence-corrected chi connectivity index (χ2v) is 4.92. The molecule has 0 bridgehead atoms. The maximum Gasteiger partial charge on any atom is 0.192 e. The Morgan fingerprint density at radius 2 is 1.50 bits per heavy atom. The fraction of sp³-hybridized carbons (Fsp3) is 0.118. The molecule has 2 nitrogen and oxygen atoms in total. The maximum atomic E-state index is 8.90. The number of aliphatic hydroxyl groups is 1. The molecule has 0 atom stereocenters. The summed E-state index contributed by atoms with van der Waals surface area (Å²) in [6.07, 6.45) is 0. The van der Waals surface area contributed by atoms with E-state index >= 15 is 0 Å². The molecule has 0 saturated heterocycles. The lowest BCUT2D eigenvalue weighted by molar-refractivity contribution is 0.198. The van der Waals surface area contributed by atoms with Gasteiger partial charge >= 0.3 is 0 Å². The van der Waals surface area contributed by atoms with E-state index in [-0.39, 0.29) is 13.2 Å². The van der Waals surface area contributed by atoms with Crippen molar-refractivity contribution in [2.24, 2.45) is 0 Å². The molecule has 0 unspecified atom stereocenters. The van der Waals surface area contributed by atoms with Gasteiger partial charge in [0.25, 0.3) is 0 Å². The van der Waals surface area contributed by atoms with Gasteiger partial charge < -0.3 is 9.84 Å². The van der Waals surface area contributed by atoms with Gasteiger partial charge in [0.15, 0.2) is 5.05 Å². The quantitative estimate of drug-likeness (QED) is 0.587. The van der Waals surface area contributed by atoms with Gasteiger partial charge in [0, 0.05) is 5.56 Å². The van der Waals surface area contributed by atoms with Crippen LogP contribution in [0.15, 0.2) is 54.6 Å². The minimum atomic E-state index is -0.0389. The van der Waals surface area contributed by atoms with Crippen LogP contribution in [0.3, 0.4) is 0 Å². The molecule has 0 aliphatic rings. The first-order chi connectivity index (χ1) is 9.81. The summed E-state index contributed by atoms with van der Waals surface area (Å²) in [5.41, 5.74) is 0.933. The summed E-state index contributed by atoms with van der Waals surface area (Å²) >= 11 is 5.41. The molecule has 100 valence electrons. The predicted molar refractivity (Wildman–Crippen MR) is 86.2 cm³/mol. The number of thiocarbonyl (C=S) groups is 1. The highest BCUT2D eigenvalue weighted by Gasteiger charge is 2.12. The van der Waals surface area contributed by atoms with Gasteiger partial charge in [-0.1, -0.05) is 48.5 Å². The second kappa shape index (κ2) is 5.57. The van der Waals surface area contributed by atoms with E-state index in [2.05, 4.69) is 18.2 Å². The average Bonchev–Trinajstić information content (AvgIpc) is 2.50. The van der Waals surface area contributed by atoms with Gasteiger partial charge in [-0.25, -0.2) is 0 Å². The number of hydrogen-bond acceptors (Lipinski definition) is 3. The minimum absolute atomic E-state index is 0.0389. The van der Waals surface area contributed by atoms with Gasteiger partial charge in [0.2, 0.25) is 0 Å². The van der Waals surface area contributed by atoms with Crippen molar-refractivity contribution in [1.82, 2.24) is 0 Å². The van der Waals surface area contributed by atoms with Crippen LogP contribution in [0.25, 0.3) is 21.5 Å². The fourth-order valence-electron chi connectivity index (χ4n) is 2.44. The van der Waals surface area contributed by atoms with Crippen LogP contribution in [0.2, 0.25) is 0 Å². The molecule has 0 aliphatic heterocycles. The van der Waals surface area contributed by atoms with E-state index in [4.69, 9.17) is 22.1 Å². The number of benzene rings is 3. The third-order valence-corrected chi connectivity index (χ3v) is 3.62. The molecule has 20 heavy (non-hydrogen) atoms. The molecule has 3 aromatic carbocycles. The van der Waals surface area contributed by atoms with Crippen molar-refractivity contribution in [2.75, 3.05) is 13.2 Å². The smallest absolute Gasteiger partial charge is 0.192 e. The summed E-state index contributed by atoms with van der Waals surface area (Å²) in [6.45, 7) is 0.180. The second-order valence-electron chi connectivity index (χ2n) is 4.55. The summed E-state index contributed by atoms with van der Waals surface area (Å²) in [5, 5.41) is 13.8. The first kappa shape index (κ1) is 13.0. The Labute approximate surface area is 122 Å². The number of ether oxygens (including phenoxy) is 1. The van der Waals surface area contributed by atoms with Crippen LogP contribution >= 0.6 is 12.2 Å². The third kappa shape index (κ3) is 2.26. The lowest BCUT2D eigenvalue weighted by atomic mass is 9.97. The topological polar surface area (TPSA) is 29.5 Å². The Kier molecular flexibility index (Phi) is 3.63. The number of aliphatic hydroxyl groups excluding tert-OH is 1. The Balaban J connectivity index is 2.30. The van der Waals surface area contributed by atoms with Crippen LogP contribution in [0, 0.1) is 0 Å². The van der Waals surface area contributed by atoms with Crippen LogP contribution in [-0.2, 0) is 4.74 Å². The first-order valence-corrected chi connectivity index (χ1v) is 6.90. The molecule has 0 fully saturated rings. The first-order valence-electron chi connectivity index (χ1n) is 6.50. The van der Waals surface area contributed by atoms with Gasteiger partial charge in [-0.15, -0.1) is 0 Å². The summed E-state index contributed by atoms with van der Waals surface area (Å²) < 4.78 is 5.47. The molecule has 0 aromatic heterocycles. The number of rotatable bonds is 3. The van der Waals surface area contributed by atoms with E-state index in [1.807, 2.05) is 36.4 Å². The molecule has 0 spiro atoms. The molecule has 0 radical (unpaired) electrons. The van der Waals surface area contributed by atoms with Gasteiger partial charge in [0.05, 0.1) is 6.61 Å². The molecule has 3 rings (SSSR count). The zero-order valence-corrected chi connectivity index (χ0v) is 11.7. The number of hydrogen-bond donors (Lipinski definition) is 1. The summed E-state index contributed by atoms with van der Waals surface area (Å²) in [4.78, 5) is 0. The largest absolute Gasteiger partial charge is 0.480 e. The standard InChI is InChI=1S/C17H14O2S/c18-9-10-19-17(20)16-14-7-3-1-5-12(14)11-13-6-2-4-8-15(13)16/h1-8,11,18H,9-10H2. The number of fused-ring (bicyclic) bond motifs is 2. The van der Waals surface area contributed by atoms with Crippen LogP contribution < -0.4 is 0 Å². The predicted octanol–water partition coefficient (Wildman–Crippen LogP) is 3.68. The molecule has 0 heterocycles. The Morgan fingerprint density at radius 3 is 2.05 bits per heavy atom. The van der Waals surface area contributed by atoms with E-state index in [1.54, 1.807) is 0 Å². The highest BCUT2D eigenvalue weighted by Crippen LogP contribution is 2.29. The lowest BCUT2D eigenvalue weighted by Gasteiger charge is -2.13. The Hall–Kier alpha value is -1.97. The molecule has 1 N–H and O–H groups in total. The van der Waals surface area contributed by atoms with Crippen molar-refractivity contribution < 1.29 is 9.84 Å². The van der Waals surface area contributed by atoms with Gasteiger partial charge in [0.1, 0.15) is 6.61 Å². The molecular weight excluding hydrogens is 268 g/mol. The molecule has 0 amide bonds. The fourth-order valence-corrected chi connectivity index (χ4v) is 2.75. The van der Waals surface area contributed by atoms with Crippen molar-refractivity contribution in [1.29, 1.82) is 0 Å². The van der Waals surface area contributed by atoms with E-state index in [0.29, 0.717) is 5.05 Å². The summed E-state index contributed by atoms with van der Waals surface area (Å²) in [7, 11) is 0. The highest BCUT2D eigenvalue weighted by molar-refractivity contribution is 7.80. The van der Waals surface area contributed by atoms with E-state index in [9.17, 15) is 0 Å². The summed E-state index contributed by atoms with van der Waals surface area (Å²) in [5.74, 6) is 0. The lowest BCUT2D eigenvalue weighted by Crippen LogP contribution is -2.08. The minimum Gasteiger partial charge on any atom is -0.480 e. The Morgan fingerprint density at radius 1 is 0.950 bits per heavy atom. The molecule has 0 saturated carbocycles. The monoisotopic (exact) mass is 282 g/mol. The van der Waals surface area contributed by atoms with Gasteiger partial charge in [-0.05, 0) is 39.8 Å². The van der Waals surface area contributed by atoms with Crippen LogP contribution in [0.4, 0.5) is 0 Å². The van der Waals surface area contributed by atoms with Gasteiger partial charge in [-0.3, -0.25) is 0 Å². The normalized spacial score (nSPS) is 10.8. The van der Waals surface area contributed by atoms with Crippen molar-refractivity contribution in [2.45, 2.75) is 0 Å². The average molecular weight is 282 g/mol. The maximum absolute atomic E-state index is 8.90. The van der Waals surface area contributed by atoms with E-state index in [0.717, 1.165) is 27.1 Å². The van der Waals surface area contributed by atoms with Crippen molar-refractivity contribution in [3.63, 3.8) is 0 Å².